The van der Waals surface area contributed by atoms with Gasteiger partial charge in [-0.15, -0.1) is 0 Å². The lowest BCUT2D eigenvalue weighted by atomic mass is 10.1. The molecule has 0 aliphatic heterocycles. The zero-order chi connectivity index (χ0) is 9.07. The Hall–Kier alpha value is 0. The molecule has 0 aliphatic rings. The summed E-state index contributed by atoms with van der Waals surface area (Å²) in [6.45, 7) is 6.09. The molecule has 72 valence electrons. The van der Waals surface area contributed by atoms with Gasteiger partial charge in [0.25, 0.3) is 0 Å². The van der Waals surface area contributed by atoms with Crippen molar-refractivity contribution in [3.8, 4) is 0 Å². The zero-order valence-corrected chi connectivity index (χ0v) is 8.65. The van der Waals surface area contributed by atoms with Gasteiger partial charge in [-0.3, -0.25) is 0 Å². The molecule has 0 atom stereocenters. The van der Waals surface area contributed by atoms with Crippen molar-refractivity contribution in [2.24, 2.45) is 0 Å². The van der Waals surface area contributed by atoms with E-state index in [1.165, 1.54) is 51.4 Å². The number of hydrogen-bond acceptors (Lipinski definition) is 0. The van der Waals surface area contributed by atoms with Crippen LogP contribution < -0.4 is 0 Å². The van der Waals surface area contributed by atoms with E-state index in [4.69, 9.17) is 0 Å². The lowest BCUT2D eigenvalue weighted by Crippen LogP contribution is -1.81. The summed E-state index contributed by atoms with van der Waals surface area (Å²) in [6.07, 6.45) is 14.4. The lowest BCUT2D eigenvalue weighted by molar-refractivity contribution is 0.637. The van der Waals surface area contributed by atoms with Crippen LogP contribution in [0.25, 0.3) is 0 Å². The second-order valence-electron chi connectivity index (χ2n) is 3.49. The fourth-order valence-electron chi connectivity index (χ4n) is 1.33. The quantitative estimate of drug-likeness (QED) is 0.443. The van der Waals surface area contributed by atoms with Crippen LogP contribution in [0.3, 0.4) is 0 Å². The highest BCUT2D eigenvalue weighted by atomic mass is 14.0. The summed E-state index contributed by atoms with van der Waals surface area (Å²) in [5, 5.41) is 0. The van der Waals surface area contributed by atoms with Gasteiger partial charge in [0.1, 0.15) is 0 Å². The van der Waals surface area contributed by atoms with E-state index in [0.717, 1.165) is 6.42 Å². The molecule has 0 bridgehead atoms. The minimum absolute atomic E-state index is 1.10. The lowest BCUT2D eigenvalue weighted by Gasteiger charge is -1.99. The minimum atomic E-state index is 1.10. The van der Waals surface area contributed by atoms with Crippen LogP contribution in [-0.2, 0) is 0 Å². The Bertz CT molecular complexity index is 56.4. The van der Waals surface area contributed by atoms with E-state index >= 15 is 0 Å². The van der Waals surface area contributed by atoms with Gasteiger partial charge in [0.2, 0.25) is 0 Å². The van der Waals surface area contributed by atoms with Gasteiger partial charge in [0.05, 0.1) is 0 Å². The molecular weight excluding hydrogens is 144 g/mol. The van der Waals surface area contributed by atoms with Gasteiger partial charge in [0.15, 0.2) is 0 Å². The molecule has 0 aromatic rings. The van der Waals surface area contributed by atoms with Gasteiger partial charge in [-0.25, -0.2) is 0 Å². The van der Waals surface area contributed by atoms with Crippen molar-refractivity contribution >= 4 is 0 Å². The molecule has 0 unspecified atom stereocenters. The molecule has 0 amide bonds. The third-order valence-corrected chi connectivity index (χ3v) is 2.17. The van der Waals surface area contributed by atoms with Crippen molar-refractivity contribution in [3.05, 3.63) is 13.3 Å². The van der Waals surface area contributed by atoms with Crippen LogP contribution in [0, 0.1) is 13.3 Å². The van der Waals surface area contributed by atoms with E-state index in [2.05, 4.69) is 20.3 Å². The molecule has 0 fully saturated rings. The van der Waals surface area contributed by atoms with E-state index in [-0.39, 0.29) is 0 Å². The molecule has 0 rings (SSSR count). The van der Waals surface area contributed by atoms with Crippen LogP contribution in [0.2, 0.25) is 0 Å². The van der Waals surface area contributed by atoms with Gasteiger partial charge < -0.3 is 0 Å². The summed E-state index contributed by atoms with van der Waals surface area (Å²) >= 11 is 0. The summed E-state index contributed by atoms with van der Waals surface area (Å²) in [4.78, 5) is 0. The third-order valence-electron chi connectivity index (χ3n) is 2.17. The normalized spacial score (nSPS) is 10.5. The first-order chi connectivity index (χ1) is 5.91. The average molecular weight is 168 g/mol. The van der Waals surface area contributed by atoms with Crippen molar-refractivity contribution in [3.63, 3.8) is 0 Å². The SMILES string of the molecule is [CH2]CCCC[CH]CCCCCC. The van der Waals surface area contributed by atoms with E-state index in [9.17, 15) is 0 Å². The maximum atomic E-state index is 3.83. The molecule has 0 aromatic carbocycles. The topological polar surface area (TPSA) is 0 Å². The standard InChI is InChI=1S/C12H24/c1-3-5-7-9-11-12-10-8-6-4-2/h11H,1,3-10,12H2,2H3. The number of unbranched alkanes of at least 4 members (excludes halogenated alkanes) is 9. The molecule has 0 heteroatoms. The summed E-state index contributed by atoms with van der Waals surface area (Å²) in [5.74, 6) is 0. The molecule has 0 saturated heterocycles. The molecule has 0 spiro atoms. The van der Waals surface area contributed by atoms with Crippen molar-refractivity contribution in [1.29, 1.82) is 0 Å². The van der Waals surface area contributed by atoms with E-state index in [1.807, 2.05) is 0 Å². The van der Waals surface area contributed by atoms with E-state index in [1.54, 1.807) is 0 Å². The first-order valence-electron chi connectivity index (χ1n) is 5.52. The number of hydrogen-bond donors (Lipinski definition) is 0. The Morgan fingerprint density at radius 2 is 1.58 bits per heavy atom. The average Bonchev–Trinajstić information content (AvgIpc) is 2.10. The Morgan fingerprint density at radius 1 is 0.917 bits per heavy atom. The van der Waals surface area contributed by atoms with E-state index in [0.29, 0.717) is 0 Å². The second-order valence-corrected chi connectivity index (χ2v) is 3.49. The maximum absolute atomic E-state index is 3.83. The predicted octanol–water partition coefficient (Wildman–Crippen LogP) is 4.56. The van der Waals surface area contributed by atoms with Crippen LogP contribution >= 0.6 is 0 Å². The van der Waals surface area contributed by atoms with E-state index < -0.39 is 0 Å². The van der Waals surface area contributed by atoms with Crippen molar-refractivity contribution in [2.75, 3.05) is 0 Å². The fourth-order valence-corrected chi connectivity index (χ4v) is 1.33. The van der Waals surface area contributed by atoms with Crippen LogP contribution in [0.15, 0.2) is 0 Å². The van der Waals surface area contributed by atoms with Gasteiger partial charge >= 0.3 is 0 Å². The summed E-state index contributed by atoms with van der Waals surface area (Å²) < 4.78 is 0. The molecule has 0 aromatic heterocycles. The highest BCUT2D eigenvalue weighted by Crippen LogP contribution is 2.08. The molecule has 12 heavy (non-hydrogen) atoms. The second kappa shape index (κ2) is 11.0. The molecule has 0 heterocycles. The Labute approximate surface area is 78.8 Å². The summed E-state index contributed by atoms with van der Waals surface area (Å²) in [7, 11) is 0. The highest BCUT2D eigenvalue weighted by molar-refractivity contribution is 4.64. The maximum Gasteiger partial charge on any atom is -0.0386 e. The predicted molar refractivity (Wildman–Crippen MR) is 56.9 cm³/mol. The van der Waals surface area contributed by atoms with Crippen molar-refractivity contribution in [1.82, 2.24) is 0 Å². The largest absolute Gasteiger partial charge is 0.0654 e. The molecule has 0 saturated carbocycles. The molecule has 0 N–H and O–H groups in total. The van der Waals surface area contributed by atoms with Gasteiger partial charge in [-0.2, -0.15) is 0 Å². The number of rotatable bonds is 9. The Kier molecular flexibility index (Phi) is 11.0. The van der Waals surface area contributed by atoms with Crippen LogP contribution in [-0.4, -0.2) is 0 Å². The van der Waals surface area contributed by atoms with Crippen molar-refractivity contribution in [2.45, 2.75) is 64.7 Å². The fraction of sp³-hybridized carbons (Fsp3) is 0.833. The minimum Gasteiger partial charge on any atom is -0.0654 e. The van der Waals surface area contributed by atoms with Crippen LogP contribution in [0.1, 0.15) is 64.7 Å². The van der Waals surface area contributed by atoms with Crippen LogP contribution in [0.4, 0.5) is 0 Å². The summed E-state index contributed by atoms with van der Waals surface area (Å²) in [6, 6.07) is 0. The summed E-state index contributed by atoms with van der Waals surface area (Å²) in [5.41, 5.74) is 0. The van der Waals surface area contributed by atoms with Crippen molar-refractivity contribution < 1.29 is 0 Å². The Morgan fingerprint density at radius 3 is 2.17 bits per heavy atom. The smallest absolute Gasteiger partial charge is 0.0386 e. The molecule has 2 radical (unpaired) electrons. The first kappa shape index (κ1) is 12.0. The Balaban J connectivity index is 2.73. The van der Waals surface area contributed by atoms with Crippen LogP contribution in [0.5, 0.6) is 0 Å². The molecule has 0 nitrogen and oxygen atoms in total. The van der Waals surface area contributed by atoms with Gasteiger partial charge in [-0.05, 0) is 6.42 Å². The molecule has 0 aliphatic carbocycles. The molecular formula is C12H24. The zero-order valence-electron chi connectivity index (χ0n) is 8.65. The third kappa shape index (κ3) is 10.0. The van der Waals surface area contributed by atoms with Gasteiger partial charge in [-0.1, -0.05) is 71.6 Å². The highest BCUT2D eigenvalue weighted by Gasteiger charge is 1.90. The van der Waals surface area contributed by atoms with Gasteiger partial charge in [0, 0.05) is 0 Å². The monoisotopic (exact) mass is 168 g/mol. The first-order valence-corrected chi connectivity index (χ1v) is 5.52.